The molecular formula is C15H19N3O2. The Labute approximate surface area is 117 Å². The normalized spacial score (nSPS) is 10.9. The number of benzene rings is 1. The van der Waals surface area contributed by atoms with Gasteiger partial charge >= 0.3 is 0 Å². The second kappa shape index (κ2) is 6.32. The zero-order valence-electron chi connectivity index (χ0n) is 11.8. The van der Waals surface area contributed by atoms with Gasteiger partial charge in [-0.1, -0.05) is 26.0 Å². The Morgan fingerprint density at radius 3 is 2.70 bits per heavy atom. The molecule has 0 spiro atoms. The zero-order chi connectivity index (χ0) is 14.5. The number of amides is 1. The van der Waals surface area contributed by atoms with Crippen molar-refractivity contribution in [1.82, 2.24) is 15.1 Å². The Balaban J connectivity index is 2.24. The molecule has 1 amide bonds. The number of hydrogen-bond donors (Lipinski definition) is 1. The molecule has 0 radical (unpaired) electrons. The molecule has 2 aromatic rings. The first kappa shape index (κ1) is 14.2. The first-order valence-corrected chi connectivity index (χ1v) is 6.90. The van der Waals surface area contributed by atoms with Crippen LogP contribution in [0, 0.1) is 0 Å². The van der Waals surface area contributed by atoms with Gasteiger partial charge in [-0.2, -0.15) is 5.10 Å². The number of carbonyl (C=O) groups is 1. The van der Waals surface area contributed by atoms with Gasteiger partial charge < -0.3 is 5.32 Å². The zero-order valence-corrected chi connectivity index (χ0v) is 11.8. The molecule has 0 bridgehead atoms. The maximum Gasteiger partial charge on any atom is 0.241 e. The third-order valence-corrected chi connectivity index (χ3v) is 3.41. The molecule has 5 heteroatoms. The highest BCUT2D eigenvalue weighted by Gasteiger charge is 2.11. The number of fused-ring (bicyclic) bond motifs is 1. The van der Waals surface area contributed by atoms with Crippen LogP contribution in [-0.4, -0.2) is 21.7 Å². The van der Waals surface area contributed by atoms with Crippen molar-refractivity contribution < 1.29 is 4.79 Å². The van der Waals surface area contributed by atoms with Crippen LogP contribution in [0.1, 0.15) is 26.7 Å². The predicted octanol–water partition coefficient (Wildman–Crippen LogP) is 1.70. The van der Waals surface area contributed by atoms with Crippen molar-refractivity contribution in [1.29, 1.82) is 0 Å². The van der Waals surface area contributed by atoms with Gasteiger partial charge in [0.05, 0.1) is 11.7 Å². The van der Waals surface area contributed by atoms with Crippen LogP contribution in [0.25, 0.3) is 10.9 Å². The molecule has 1 aromatic carbocycles. The first-order valence-electron chi connectivity index (χ1n) is 6.90. The smallest absolute Gasteiger partial charge is 0.241 e. The fraction of sp³-hybridized carbons (Fsp3) is 0.400. The van der Waals surface area contributed by atoms with Crippen molar-refractivity contribution in [3.8, 4) is 0 Å². The molecule has 0 aliphatic heterocycles. The number of carbonyl (C=O) groups excluding carboxylic acids is 1. The van der Waals surface area contributed by atoms with E-state index in [0.29, 0.717) is 10.9 Å². The van der Waals surface area contributed by atoms with Crippen LogP contribution in [0.5, 0.6) is 0 Å². The van der Waals surface area contributed by atoms with Gasteiger partial charge in [0.2, 0.25) is 11.3 Å². The third kappa shape index (κ3) is 3.04. The molecular weight excluding hydrogens is 254 g/mol. The van der Waals surface area contributed by atoms with Gasteiger partial charge in [-0.05, 0) is 25.0 Å². The van der Waals surface area contributed by atoms with E-state index in [1.54, 1.807) is 22.9 Å². The Hall–Kier alpha value is -2.17. The van der Waals surface area contributed by atoms with E-state index in [-0.39, 0.29) is 23.9 Å². The minimum Gasteiger partial charge on any atom is -0.352 e. The maximum atomic E-state index is 12.0. The van der Waals surface area contributed by atoms with Gasteiger partial charge in [-0.25, -0.2) is 0 Å². The van der Waals surface area contributed by atoms with Crippen molar-refractivity contribution in [3.63, 3.8) is 0 Å². The van der Waals surface area contributed by atoms with Crippen LogP contribution in [0.2, 0.25) is 0 Å². The van der Waals surface area contributed by atoms with E-state index >= 15 is 0 Å². The molecule has 0 fully saturated rings. The number of rotatable bonds is 5. The summed E-state index contributed by atoms with van der Waals surface area (Å²) >= 11 is 0. The summed E-state index contributed by atoms with van der Waals surface area (Å²) in [5.41, 5.74) is 0.553. The summed E-state index contributed by atoms with van der Waals surface area (Å²) in [5.74, 6) is -0.0833. The summed E-state index contributed by atoms with van der Waals surface area (Å²) in [6.45, 7) is 4.21. The lowest BCUT2D eigenvalue weighted by Gasteiger charge is -2.15. The van der Waals surface area contributed by atoms with Crippen molar-refractivity contribution >= 4 is 16.8 Å². The largest absolute Gasteiger partial charge is 0.352 e. The molecule has 0 atom stereocenters. The molecule has 20 heavy (non-hydrogen) atoms. The second-order valence-corrected chi connectivity index (χ2v) is 4.76. The first-order chi connectivity index (χ1) is 9.65. The second-order valence-electron chi connectivity index (χ2n) is 4.76. The van der Waals surface area contributed by atoms with Crippen molar-refractivity contribution in [2.45, 2.75) is 39.3 Å². The van der Waals surface area contributed by atoms with Gasteiger partial charge in [0.25, 0.3) is 0 Å². The lowest BCUT2D eigenvalue weighted by Crippen LogP contribution is -2.36. The summed E-state index contributed by atoms with van der Waals surface area (Å²) in [6, 6.07) is 7.37. The van der Waals surface area contributed by atoms with Crippen LogP contribution in [-0.2, 0) is 11.3 Å². The summed E-state index contributed by atoms with van der Waals surface area (Å²) < 4.78 is 1.56. The number of nitrogens with one attached hydrogen (secondary N) is 1. The molecule has 1 heterocycles. The SMILES string of the molecule is CCC(CC)NC(=O)Cn1ncc(=O)c2ccccc21. The molecule has 1 N–H and O–H groups in total. The Morgan fingerprint density at radius 2 is 2.00 bits per heavy atom. The van der Waals surface area contributed by atoms with Gasteiger partial charge in [-0.3, -0.25) is 14.3 Å². The average molecular weight is 273 g/mol. The minimum absolute atomic E-state index is 0.0833. The summed E-state index contributed by atoms with van der Waals surface area (Å²) in [7, 11) is 0. The van der Waals surface area contributed by atoms with Gasteiger partial charge in [0, 0.05) is 11.4 Å². The van der Waals surface area contributed by atoms with E-state index in [1.165, 1.54) is 6.20 Å². The number of nitrogens with zero attached hydrogens (tertiary/aromatic N) is 2. The van der Waals surface area contributed by atoms with Crippen LogP contribution in [0.3, 0.4) is 0 Å². The number of para-hydroxylation sites is 1. The van der Waals surface area contributed by atoms with Crippen molar-refractivity contribution in [2.24, 2.45) is 0 Å². The fourth-order valence-electron chi connectivity index (χ4n) is 2.19. The van der Waals surface area contributed by atoms with E-state index < -0.39 is 0 Å². The predicted molar refractivity (Wildman–Crippen MR) is 78.5 cm³/mol. The standard InChI is InChI=1S/C15H19N3O2/c1-3-11(4-2)17-15(20)10-18-13-8-6-5-7-12(13)14(19)9-16-18/h5-9,11H,3-4,10H2,1-2H3,(H,17,20). The van der Waals surface area contributed by atoms with Crippen molar-refractivity contribution in [2.75, 3.05) is 0 Å². The minimum atomic E-state index is -0.128. The van der Waals surface area contributed by atoms with Crippen LogP contribution < -0.4 is 10.7 Å². The molecule has 0 saturated carbocycles. The van der Waals surface area contributed by atoms with E-state index in [9.17, 15) is 9.59 Å². The van der Waals surface area contributed by atoms with E-state index in [4.69, 9.17) is 0 Å². The molecule has 5 nitrogen and oxygen atoms in total. The summed E-state index contributed by atoms with van der Waals surface area (Å²) in [4.78, 5) is 23.7. The van der Waals surface area contributed by atoms with Crippen LogP contribution in [0.4, 0.5) is 0 Å². The highest BCUT2D eigenvalue weighted by Crippen LogP contribution is 2.07. The third-order valence-electron chi connectivity index (χ3n) is 3.41. The fourth-order valence-corrected chi connectivity index (χ4v) is 2.19. The lowest BCUT2D eigenvalue weighted by atomic mass is 10.2. The number of aromatic nitrogens is 2. The maximum absolute atomic E-state index is 12.0. The van der Waals surface area contributed by atoms with Gasteiger partial charge in [-0.15, -0.1) is 0 Å². The molecule has 1 aromatic heterocycles. The number of hydrogen-bond acceptors (Lipinski definition) is 3. The van der Waals surface area contributed by atoms with E-state index in [2.05, 4.69) is 10.4 Å². The topological polar surface area (TPSA) is 64.0 Å². The molecule has 2 rings (SSSR count). The van der Waals surface area contributed by atoms with E-state index in [1.807, 2.05) is 19.9 Å². The molecule has 106 valence electrons. The summed E-state index contributed by atoms with van der Waals surface area (Å²) in [5, 5.41) is 7.60. The molecule has 0 saturated heterocycles. The van der Waals surface area contributed by atoms with E-state index in [0.717, 1.165) is 12.8 Å². The van der Waals surface area contributed by atoms with Crippen LogP contribution in [0.15, 0.2) is 35.3 Å². The van der Waals surface area contributed by atoms with Crippen molar-refractivity contribution in [3.05, 3.63) is 40.7 Å². The quantitative estimate of drug-likeness (QED) is 0.901. The summed E-state index contributed by atoms with van der Waals surface area (Å²) in [6.07, 6.45) is 3.06. The highest BCUT2D eigenvalue weighted by molar-refractivity contribution is 5.81. The lowest BCUT2D eigenvalue weighted by molar-refractivity contribution is -0.122. The molecule has 0 unspecified atom stereocenters. The molecule has 0 aliphatic rings. The van der Waals surface area contributed by atoms with Gasteiger partial charge in [0.1, 0.15) is 6.54 Å². The Bertz CT molecular complexity index is 659. The van der Waals surface area contributed by atoms with Crippen LogP contribution >= 0.6 is 0 Å². The van der Waals surface area contributed by atoms with Gasteiger partial charge in [0.15, 0.2) is 0 Å². The average Bonchev–Trinajstić information content (AvgIpc) is 2.48. The Morgan fingerprint density at radius 1 is 1.30 bits per heavy atom. The highest BCUT2D eigenvalue weighted by atomic mass is 16.2. The monoisotopic (exact) mass is 273 g/mol. The molecule has 0 aliphatic carbocycles. The Kier molecular flexibility index (Phi) is 4.50.